The Kier molecular flexibility index (Phi) is 6.83. The maximum atomic E-state index is 13.3. The zero-order valence-electron chi connectivity index (χ0n) is 20.7. The van der Waals surface area contributed by atoms with Gasteiger partial charge in [0.25, 0.3) is 5.91 Å². The zero-order chi connectivity index (χ0) is 27.7. The molecule has 0 radical (unpaired) electrons. The molecule has 1 aromatic carbocycles. The molecule has 0 bridgehead atoms. The number of thiazole rings is 1. The fourth-order valence-electron chi connectivity index (χ4n) is 3.79. The molecule has 0 aliphatic carbocycles. The van der Waals surface area contributed by atoms with E-state index < -0.39 is 12.3 Å². The summed E-state index contributed by atoms with van der Waals surface area (Å²) in [5.41, 5.74) is 4.38. The quantitative estimate of drug-likeness (QED) is 0.274. The van der Waals surface area contributed by atoms with Gasteiger partial charge in [-0.05, 0) is 50.2 Å². The number of hydrogen-bond acceptors (Lipinski definition) is 9. The fourth-order valence-corrected chi connectivity index (χ4v) is 4.58. The van der Waals surface area contributed by atoms with Crippen LogP contribution >= 0.6 is 11.3 Å². The van der Waals surface area contributed by atoms with Crippen molar-refractivity contribution in [1.29, 1.82) is 0 Å². The van der Waals surface area contributed by atoms with Crippen LogP contribution in [-0.4, -0.2) is 44.3 Å². The first-order valence-corrected chi connectivity index (χ1v) is 12.2. The van der Waals surface area contributed by atoms with Crippen molar-refractivity contribution < 1.29 is 27.4 Å². The number of nitrogens with zero attached hydrogens (tertiary/aromatic N) is 5. The molecule has 5 aromatic rings. The molecule has 0 fully saturated rings. The predicted octanol–water partition coefficient (Wildman–Crippen LogP) is 5.99. The molecule has 198 valence electrons. The number of amides is 1. The van der Waals surface area contributed by atoms with E-state index in [1.807, 2.05) is 19.9 Å². The highest BCUT2D eigenvalue weighted by atomic mass is 32.1. The van der Waals surface area contributed by atoms with Gasteiger partial charge in [0.1, 0.15) is 11.5 Å². The first-order valence-electron chi connectivity index (χ1n) is 11.4. The molecule has 39 heavy (non-hydrogen) atoms. The van der Waals surface area contributed by atoms with E-state index in [2.05, 4.69) is 35.0 Å². The van der Waals surface area contributed by atoms with Gasteiger partial charge in [-0.3, -0.25) is 20.1 Å². The van der Waals surface area contributed by atoms with Gasteiger partial charge in [0.2, 0.25) is 0 Å². The van der Waals surface area contributed by atoms with Crippen molar-refractivity contribution in [2.75, 3.05) is 12.4 Å². The van der Waals surface area contributed by atoms with E-state index in [1.54, 1.807) is 12.3 Å². The third-order valence-electron chi connectivity index (χ3n) is 5.53. The predicted molar refractivity (Wildman–Crippen MR) is 139 cm³/mol. The van der Waals surface area contributed by atoms with Crippen molar-refractivity contribution in [3.63, 3.8) is 0 Å². The van der Waals surface area contributed by atoms with Crippen LogP contribution < -0.4 is 14.8 Å². The molecule has 0 saturated carbocycles. The van der Waals surface area contributed by atoms with Gasteiger partial charge in [0.15, 0.2) is 15.6 Å². The lowest BCUT2D eigenvalue weighted by atomic mass is 9.99. The minimum atomic E-state index is -4.78. The number of aryl methyl sites for hydroxylation is 2. The Morgan fingerprint density at radius 1 is 0.923 bits per heavy atom. The average Bonchev–Trinajstić information content (AvgIpc) is 3.29. The lowest BCUT2D eigenvalue weighted by molar-refractivity contribution is -0.274. The van der Waals surface area contributed by atoms with Crippen molar-refractivity contribution in [3.05, 3.63) is 71.9 Å². The second kappa shape index (κ2) is 10.3. The smallest absolute Gasteiger partial charge is 0.494 e. The molecule has 1 amide bonds. The van der Waals surface area contributed by atoms with Gasteiger partial charge in [-0.25, -0.2) is 9.97 Å². The molecule has 0 aliphatic rings. The van der Waals surface area contributed by atoms with Gasteiger partial charge in [-0.15, -0.1) is 13.2 Å². The molecule has 0 spiro atoms. The van der Waals surface area contributed by atoms with Crippen LogP contribution in [0.25, 0.3) is 32.9 Å². The Bertz CT molecular complexity index is 1690. The normalized spacial score (nSPS) is 11.4. The van der Waals surface area contributed by atoms with Crippen LogP contribution in [-0.2, 0) is 0 Å². The number of hydrogen-bond donors (Lipinski definition) is 1. The summed E-state index contributed by atoms with van der Waals surface area (Å²) in [6.07, 6.45) is -0.236. The van der Waals surface area contributed by atoms with Crippen LogP contribution in [0.3, 0.4) is 0 Å². The lowest BCUT2D eigenvalue weighted by Crippen LogP contribution is -2.16. The number of carbonyl (C=O) groups excluding carboxylic acids is 1. The minimum Gasteiger partial charge on any atom is -0.494 e. The standard InChI is InChI=1S/C26H19F3N6O3S/c1-13-8-17(18-9-14(2)31-12-21(18)37-3)19(10-30-13)23(36)35-25-34-22-24(39-25)33-20(11-32-22)15-4-6-16(7-5-15)38-26(27,28)29/h4-12H,1-3H3,(H,32,34,35,36). The average molecular weight is 553 g/mol. The summed E-state index contributed by atoms with van der Waals surface area (Å²) in [5, 5.41) is 3.06. The second-order valence-corrected chi connectivity index (χ2v) is 9.30. The number of alkyl halides is 3. The van der Waals surface area contributed by atoms with Gasteiger partial charge >= 0.3 is 6.36 Å². The van der Waals surface area contributed by atoms with Crippen LogP contribution in [0.5, 0.6) is 11.5 Å². The SMILES string of the molecule is COc1cnc(C)cc1-c1cc(C)ncc1C(=O)Nc1nc2ncc(-c3ccc(OC(F)(F)F)cc3)nc2s1. The van der Waals surface area contributed by atoms with Gasteiger partial charge in [-0.2, -0.15) is 4.98 Å². The monoisotopic (exact) mass is 552 g/mol. The topological polar surface area (TPSA) is 112 Å². The minimum absolute atomic E-state index is 0.269. The third-order valence-corrected chi connectivity index (χ3v) is 6.38. The molecule has 4 aromatic heterocycles. The van der Waals surface area contributed by atoms with Crippen molar-refractivity contribution >= 4 is 32.9 Å². The summed E-state index contributed by atoms with van der Waals surface area (Å²) < 4.78 is 46.6. The summed E-state index contributed by atoms with van der Waals surface area (Å²) >= 11 is 1.11. The first-order chi connectivity index (χ1) is 18.6. The molecule has 0 atom stereocenters. The van der Waals surface area contributed by atoms with Gasteiger partial charge in [-0.1, -0.05) is 11.3 Å². The number of ether oxygens (including phenoxy) is 2. The van der Waals surface area contributed by atoms with Crippen molar-refractivity contribution in [3.8, 4) is 33.9 Å². The van der Waals surface area contributed by atoms with Crippen molar-refractivity contribution in [2.24, 2.45) is 0 Å². The summed E-state index contributed by atoms with van der Waals surface area (Å²) in [4.78, 5) is 35.4. The van der Waals surface area contributed by atoms with E-state index in [9.17, 15) is 18.0 Å². The van der Waals surface area contributed by atoms with E-state index in [-0.39, 0.29) is 10.9 Å². The van der Waals surface area contributed by atoms with E-state index in [0.29, 0.717) is 44.2 Å². The van der Waals surface area contributed by atoms with Crippen LogP contribution in [0.15, 0.2) is 55.0 Å². The Morgan fingerprint density at radius 3 is 2.31 bits per heavy atom. The van der Waals surface area contributed by atoms with E-state index in [1.165, 1.54) is 43.8 Å². The molecular formula is C26H19F3N6O3S. The van der Waals surface area contributed by atoms with Crippen LogP contribution in [0.1, 0.15) is 21.7 Å². The van der Waals surface area contributed by atoms with Crippen molar-refractivity contribution in [1.82, 2.24) is 24.9 Å². The summed E-state index contributed by atoms with van der Waals surface area (Å²) in [6, 6.07) is 8.91. The summed E-state index contributed by atoms with van der Waals surface area (Å²) in [7, 11) is 1.53. The number of benzene rings is 1. The highest BCUT2D eigenvalue weighted by Crippen LogP contribution is 2.34. The Hall–Kier alpha value is -4.65. The number of fused-ring (bicyclic) bond motifs is 1. The number of nitrogens with one attached hydrogen (secondary N) is 1. The van der Waals surface area contributed by atoms with Crippen molar-refractivity contribution in [2.45, 2.75) is 20.2 Å². The third kappa shape index (κ3) is 5.77. The van der Waals surface area contributed by atoms with E-state index >= 15 is 0 Å². The molecule has 4 heterocycles. The number of methoxy groups -OCH3 is 1. The lowest BCUT2D eigenvalue weighted by Gasteiger charge is -2.13. The Balaban J connectivity index is 1.42. The Morgan fingerprint density at radius 2 is 1.62 bits per heavy atom. The maximum absolute atomic E-state index is 13.3. The second-order valence-electron chi connectivity index (χ2n) is 8.33. The fraction of sp³-hybridized carbons (Fsp3) is 0.154. The largest absolute Gasteiger partial charge is 0.573 e. The number of anilines is 1. The highest BCUT2D eigenvalue weighted by Gasteiger charge is 2.31. The molecular weight excluding hydrogens is 533 g/mol. The summed E-state index contributed by atoms with van der Waals surface area (Å²) in [6.45, 7) is 3.67. The number of halogens is 3. The zero-order valence-corrected chi connectivity index (χ0v) is 21.5. The number of carbonyl (C=O) groups is 1. The van der Waals surface area contributed by atoms with Gasteiger partial charge < -0.3 is 9.47 Å². The first kappa shape index (κ1) is 26.0. The van der Waals surface area contributed by atoms with Crippen LogP contribution in [0.2, 0.25) is 0 Å². The van der Waals surface area contributed by atoms with E-state index in [4.69, 9.17) is 4.74 Å². The molecule has 5 rings (SSSR count). The molecule has 0 saturated heterocycles. The summed E-state index contributed by atoms with van der Waals surface area (Å²) in [5.74, 6) is -0.264. The number of pyridine rings is 2. The van der Waals surface area contributed by atoms with Crippen LogP contribution in [0.4, 0.5) is 18.3 Å². The van der Waals surface area contributed by atoms with Gasteiger partial charge in [0, 0.05) is 34.3 Å². The molecule has 0 aliphatic heterocycles. The number of aromatic nitrogens is 5. The highest BCUT2D eigenvalue weighted by molar-refractivity contribution is 7.21. The molecule has 9 nitrogen and oxygen atoms in total. The molecule has 0 unspecified atom stereocenters. The molecule has 1 N–H and O–H groups in total. The Labute approximate surface area is 223 Å². The van der Waals surface area contributed by atoms with Crippen LogP contribution in [0, 0.1) is 13.8 Å². The maximum Gasteiger partial charge on any atom is 0.573 e. The number of rotatable bonds is 6. The van der Waals surface area contributed by atoms with Gasteiger partial charge in [0.05, 0.1) is 30.8 Å². The molecule has 13 heteroatoms. The van der Waals surface area contributed by atoms with E-state index in [0.717, 1.165) is 22.7 Å².